The lowest BCUT2D eigenvalue weighted by molar-refractivity contribution is 0.684. The van der Waals surface area contributed by atoms with E-state index in [1.807, 2.05) is 17.8 Å². The molecule has 0 amide bonds. The molecule has 0 bridgehead atoms. The Bertz CT molecular complexity index is 670. The van der Waals surface area contributed by atoms with Gasteiger partial charge in [0.15, 0.2) is 0 Å². The molecule has 1 unspecified atom stereocenters. The van der Waals surface area contributed by atoms with E-state index in [2.05, 4.69) is 92.0 Å². The van der Waals surface area contributed by atoms with Crippen molar-refractivity contribution in [3.63, 3.8) is 0 Å². The molecule has 0 N–H and O–H groups in total. The van der Waals surface area contributed by atoms with Gasteiger partial charge in [-0.15, -0.1) is 11.8 Å². The summed E-state index contributed by atoms with van der Waals surface area (Å²) in [6.45, 7) is 4.52. The molecule has 0 nitrogen and oxygen atoms in total. The molecule has 0 aromatic heterocycles. The van der Waals surface area contributed by atoms with Crippen molar-refractivity contribution in [1.29, 1.82) is 0 Å². The molecule has 2 rings (SSSR count). The van der Waals surface area contributed by atoms with Crippen molar-refractivity contribution >= 4 is 23.5 Å². The van der Waals surface area contributed by atoms with Gasteiger partial charge in [-0.25, -0.2) is 0 Å². The molecule has 26 heavy (non-hydrogen) atoms. The van der Waals surface area contributed by atoms with Gasteiger partial charge in [-0.1, -0.05) is 87.1 Å². The third-order valence-electron chi connectivity index (χ3n) is 4.24. The molecule has 0 aliphatic carbocycles. The van der Waals surface area contributed by atoms with Gasteiger partial charge in [0.05, 0.1) is 0 Å². The van der Waals surface area contributed by atoms with E-state index in [1.165, 1.54) is 29.9 Å². The largest absolute Gasteiger partial charge is 0.161 e. The summed E-state index contributed by atoms with van der Waals surface area (Å²) in [7, 11) is 0. The molecule has 2 aromatic carbocycles. The van der Waals surface area contributed by atoms with Crippen LogP contribution in [-0.2, 0) is 4.75 Å². The van der Waals surface area contributed by atoms with E-state index in [0.717, 1.165) is 24.2 Å². The Hall–Kier alpha value is -1.30. The molecule has 0 saturated heterocycles. The monoisotopic (exact) mass is 382 g/mol. The maximum absolute atomic E-state index is 3.67. The maximum Gasteiger partial charge on any atom is 0.102 e. The minimum atomic E-state index is -0.114. The number of thioether (sulfide) groups is 2. The summed E-state index contributed by atoms with van der Waals surface area (Å²) >= 11 is 4.11. The van der Waals surface area contributed by atoms with Crippen molar-refractivity contribution in [3.8, 4) is 11.8 Å². The molecule has 0 fully saturated rings. The number of rotatable bonds is 10. The van der Waals surface area contributed by atoms with E-state index in [0.29, 0.717) is 0 Å². The van der Waals surface area contributed by atoms with E-state index in [4.69, 9.17) is 0 Å². The van der Waals surface area contributed by atoms with Crippen LogP contribution in [0, 0.1) is 11.8 Å². The van der Waals surface area contributed by atoms with Crippen LogP contribution in [0.1, 0.15) is 50.7 Å². The third kappa shape index (κ3) is 6.78. The summed E-state index contributed by atoms with van der Waals surface area (Å²) in [6, 6.07) is 21.2. The first kappa shape index (κ1) is 21.0. The summed E-state index contributed by atoms with van der Waals surface area (Å²) in [4.78, 5) is 0. The Balaban J connectivity index is 2.19. The Labute approximate surface area is 168 Å². The van der Waals surface area contributed by atoms with Crippen molar-refractivity contribution in [1.82, 2.24) is 0 Å². The van der Waals surface area contributed by atoms with Gasteiger partial charge in [-0.2, -0.15) is 11.8 Å². The van der Waals surface area contributed by atoms with Crippen LogP contribution in [0.3, 0.4) is 0 Å². The SMILES string of the molecule is CCCCSCCSC(C#Cc1ccccc1)(CCC)c1ccccc1. The second-order valence-electron chi connectivity index (χ2n) is 6.37. The van der Waals surface area contributed by atoms with Crippen molar-refractivity contribution in [3.05, 3.63) is 71.8 Å². The molecular weight excluding hydrogens is 352 g/mol. The van der Waals surface area contributed by atoms with Crippen molar-refractivity contribution in [2.24, 2.45) is 0 Å². The minimum Gasteiger partial charge on any atom is -0.161 e. The Morgan fingerprint density at radius 1 is 0.808 bits per heavy atom. The Morgan fingerprint density at radius 2 is 1.50 bits per heavy atom. The van der Waals surface area contributed by atoms with Crippen LogP contribution < -0.4 is 0 Å². The second kappa shape index (κ2) is 12.2. The summed E-state index contributed by atoms with van der Waals surface area (Å²) in [5.74, 6) is 10.8. The molecule has 2 aromatic rings. The highest BCUT2D eigenvalue weighted by atomic mass is 32.2. The van der Waals surface area contributed by atoms with Crippen LogP contribution in [-0.4, -0.2) is 17.3 Å². The summed E-state index contributed by atoms with van der Waals surface area (Å²) in [5.41, 5.74) is 2.44. The van der Waals surface area contributed by atoms with E-state index in [1.54, 1.807) is 0 Å². The highest BCUT2D eigenvalue weighted by molar-refractivity contribution is 8.03. The minimum absolute atomic E-state index is 0.114. The van der Waals surface area contributed by atoms with E-state index < -0.39 is 0 Å². The molecule has 0 aliphatic rings. The molecule has 1 atom stereocenters. The lowest BCUT2D eigenvalue weighted by atomic mass is 9.93. The van der Waals surface area contributed by atoms with Crippen LogP contribution in [0.25, 0.3) is 0 Å². The first-order valence-electron chi connectivity index (χ1n) is 9.66. The molecule has 0 spiro atoms. The van der Waals surface area contributed by atoms with E-state index >= 15 is 0 Å². The summed E-state index contributed by atoms with van der Waals surface area (Å²) in [5, 5.41) is 0. The number of unbranched alkanes of at least 4 members (excludes halogenated alkanes) is 1. The number of hydrogen-bond acceptors (Lipinski definition) is 2. The average molecular weight is 383 g/mol. The second-order valence-corrected chi connectivity index (χ2v) is 8.99. The molecule has 138 valence electrons. The highest BCUT2D eigenvalue weighted by Gasteiger charge is 2.29. The Morgan fingerprint density at radius 3 is 2.15 bits per heavy atom. The van der Waals surface area contributed by atoms with Gasteiger partial charge >= 0.3 is 0 Å². The molecule has 0 aliphatic heterocycles. The van der Waals surface area contributed by atoms with Gasteiger partial charge in [0.1, 0.15) is 4.75 Å². The normalized spacial score (nSPS) is 12.8. The summed E-state index contributed by atoms with van der Waals surface area (Å²) < 4.78 is -0.114. The number of benzene rings is 2. The number of hydrogen-bond donors (Lipinski definition) is 0. The fraction of sp³-hybridized carbons (Fsp3) is 0.417. The molecular formula is C24H30S2. The van der Waals surface area contributed by atoms with Gasteiger partial charge in [-0.3, -0.25) is 0 Å². The predicted molar refractivity (Wildman–Crippen MR) is 121 cm³/mol. The quantitative estimate of drug-likeness (QED) is 0.320. The van der Waals surface area contributed by atoms with Crippen LogP contribution >= 0.6 is 23.5 Å². The molecule has 0 saturated carbocycles. The fourth-order valence-electron chi connectivity index (χ4n) is 2.85. The topological polar surface area (TPSA) is 0 Å². The average Bonchev–Trinajstić information content (AvgIpc) is 2.70. The Kier molecular flexibility index (Phi) is 9.82. The first-order valence-corrected chi connectivity index (χ1v) is 11.8. The van der Waals surface area contributed by atoms with Gasteiger partial charge in [0.25, 0.3) is 0 Å². The van der Waals surface area contributed by atoms with E-state index in [-0.39, 0.29) is 4.75 Å². The zero-order chi connectivity index (χ0) is 18.5. The van der Waals surface area contributed by atoms with Crippen molar-refractivity contribution in [2.75, 3.05) is 17.3 Å². The lowest BCUT2D eigenvalue weighted by Crippen LogP contribution is -2.21. The van der Waals surface area contributed by atoms with Crippen LogP contribution in [0.5, 0.6) is 0 Å². The zero-order valence-corrected chi connectivity index (χ0v) is 17.7. The standard InChI is InChI=1S/C24H30S2/c1-3-5-19-25-20-21-26-24(17-4-2,23-14-10-7-11-15-23)18-16-22-12-8-6-9-13-22/h6-15H,3-5,17,19-21H2,1-2H3. The smallest absolute Gasteiger partial charge is 0.102 e. The van der Waals surface area contributed by atoms with Crippen LogP contribution in [0.4, 0.5) is 0 Å². The molecule has 2 heteroatoms. The van der Waals surface area contributed by atoms with Crippen molar-refractivity contribution < 1.29 is 0 Å². The van der Waals surface area contributed by atoms with Gasteiger partial charge < -0.3 is 0 Å². The van der Waals surface area contributed by atoms with Gasteiger partial charge in [0, 0.05) is 17.1 Å². The first-order chi connectivity index (χ1) is 12.8. The van der Waals surface area contributed by atoms with Gasteiger partial charge in [-0.05, 0) is 36.3 Å². The van der Waals surface area contributed by atoms with E-state index in [9.17, 15) is 0 Å². The molecule has 0 heterocycles. The van der Waals surface area contributed by atoms with Crippen LogP contribution in [0.15, 0.2) is 60.7 Å². The highest BCUT2D eigenvalue weighted by Crippen LogP contribution is 2.40. The van der Waals surface area contributed by atoms with Crippen molar-refractivity contribution in [2.45, 2.75) is 44.3 Å². The van der Waals surface area contributed by atoms with Crippen LogP contribution in [0.2, 0.25) is 0 Å². The van der Waals surface area contributed by atoms with Gasteiger partial charge in [0.2, 0.25) is 0 Å². The summed E-state index contributed by atoms with van der Waals surface area (Å²) in [6.07, 6.45) is 4.82. The molecule has 0 radical (unpaired) electrons. The zero-order valence-electron chi connectivity index (χ0n) is 16.0. The predicted octanol–water partition coefficient (Wildman–Crippen LogP) is 7.00. The lowest BCUT2D eigenvalue weighted by Gasteiger charge is -2.28. The third-order valence-corrected chi connectivity index (χ3v) is 7.01. The fourth-order valence-corrected chi connectivity index (χ4v) is 5.47. The maximum atomic E-state index is 3.67.